The van der Waals surface area contributed by atoms with Gasteiger partial charge in [0.15, 0.2) is 0 Å². The van der Waals surface area contributed by atoms with E-state index < -0.39 is 0 Å². The number of amides is 1. The molecule has 92 valence electrons. The van der Waals surface area contributed by atoms with Crippen LogP contribution in [0.3, 0.4) is 0 Å². The molecule has 1 aromatic rings. The Labute approximate surface area is 117 Å². The van der Waals surface area contributed by atoms with Gasteiger partial charge in [-0.15, -0.1) is 0 Å². The summed E-state index contributed by atoms with van der Waals surface area (Å²) in [4.78, 5) is 11.9. The number of nitrogens with one attached hydrogen (secondary N) is 1. The molecule has 0 radical (unpaired) electrons. The van der Waals surface area contributed by atoms with Crippen LogP contribution >= 0.6 is 31.9 Å². The van der Waals surface area contributed by atoms with Crippen molar-refractivity contribution in [2.24, 2.45) is 5.73 Å². The van der Waals surface area contributed by atoms with Gasteiger partial charge in [-0.1, -0.05) is 31.9 Å². The van der Waals surface area contributed by atoms with E-state index in [4.69, 9.17) is 5.73 Å². The van der Waals surface area contributed by atoms with Crippen LogP contribution < -0.4 is 11.1 Å². The van der Waals surface area contributed by atoms with Crippen LogP contribution in [0.1, 0.15) is 29.6 Å². The Kier molecular flexibility index (Phi) is 3.90. The predicted molar refractivity (Wildman–Crippen MR) is 74.9 cm³/mol. The fraction of sp³-hybridized carbons (Fsp3) is 0.417. The van der Waals surface area contributed by atoms with Gasteiger partial charge in [-0.2, -0.15) is 0 Å². The minimum absolute atomic E-state index is 0.0799. The van der Waals surface area contributed by atoms with Crippen LogP contribution in [-0.4, -0.2) is 18.0 Å². The third-order valence-corrected chi connectivity index (χ3v) is 3.99. The SMILES string of the molecule is NC1(CNC(=O)c2cc(Br)cc(Br)c2)CCC1. The number of nitrogens with two attached hydrogens (primary N) is 1. The standard InChI is InChI=1S/C12H14Br2N2O/c13-9-4-8(5-10(14)6-9)11(17)16-7-12(15)2-1-3-12/h4-6H,1-3,7,15H2,(H,16,17). The Morgan fingerprint density at radius 1 is 1.29 bits per heavy atom. The number of carbonyl (C=O) groups is 1. The highest BCUT2D eigenvalue weighted by atomic mass is 79.9. The second-order valence-corrected chi connectivity index (χ2v) is 6.39. The summed E-state index contributed by atoms with van der Waals surface area (Å²) in [7, 11) is 0. The molecule has 0 atom stereocenters. The summed E-state index contributed by atoms with van der Waals surface area (Å²) in [6.45, 7) is 0.552. The van der Waals surface area contributed by atoms with E-state index >= 15 is 0 Å². The number of rotatable bonds is 3. The number of carbonyl (C=O) groups excluding carboxylic acids is 1. The lowest BCUT2D eigenvalue weighted by molar-refractivity contribution is 0.0929. The van der Waals surface area contributed by atoms with Crippen LogP contribution in [0, 0.1) is 0 Å². The van der Waals surface area contributed by atoms with Gasteiger partial charge in [0.2, 0.25) is 0 Å². The molecule has 1 saturated carbocycles. The Balaban J connectivity index is 1.99. The van der Waals surface area contributed by atoms with Crippen molar-refractivity contribution in [1.29, 1.82) is 0 Å². The van der Waals surface area contributed by atoms with E-state index in [-0.39, 0.29) is 11.4 Å². The van der Waals surface area contributed by atoms with Gasteiger partial charge >= 0.3 is 0 Å². The van der Waals surface area contributed by atoms with Gasteiger partial charge in [-0.25, -0.2) is 0 Å². The van der Waals surface area contributed by atoms with Gasteiger partial charge in [-0.05, 0) is 37.5 Å². The molecule has 0 unspecified atom stereocenters. The largest absolute Gasteiger partial charge is 0.350 e. The molecular weight excluding hydrogens is 348 g/mol. The summed E-state index contributed by atoms with van der Waals surface area (Å²) in [6.07, 6.45) is 3.15. The third-order valence-electron chi connectivity index (χ3n) is 3.08. The number of halogens is 2. The van der Waals surface area contributed by atoms with Crippen molar-refractivity contribution in [3.63, 3.8) is 0 Å². The average molecular weight is 362 g/mol. The summed E-state index contributed by atoms with van der Waals surface area (Å²) in [5, 5.41) is 2.89. The normalized spacial score (nSPS) is 17.4. The van der Waals surface area contributed by atoms with E-state index in [9.17, 15) is 4.79 Å². The first-order chi connectivity index (χ1) is 7.98. The highest BCUT2D eigenvalue weighted by Gasteiger charge is 2.32. The summed E-state index contributed by atoms with van der Waals surface area (Å²) < 4.78 is 1.76. The highest BCUT2D eigenvalue weighted by Crippen LogP contribution is 2.28. The van der Waals surface area contributed by atoms with Crippen molar-refractivity contribution < 1.29 is 4.79 Å². The molecule has 5 heteroatoms. The topological polar surface area (TPSA) is 55.1 Å². The van der Waals surface area contributed by atoms with Crippen LogP contribution in [0.2, 0.25) is 0 Å². The van der Waals surface area contributed by atoms with Crippen molar-refractivity contribution in [3.05, 3.63) is 32.7 Å². The Morgan fingerprint density at radius 2 is 1.88 bits per heavy atom. The van der Waals surface area contributed by atoms with Gasteiger partial charge in [-0.3, -0.25) is 4.79 Å². The minimum atomic E-state index is -0.182. The summed E-state index contributed by atoms with van der Waals surface area (Å²) >= 11 is 6.72. The van der Waals surface area contributed by atoms with E-state index in [0.717, 1.165) is 28.2 Å². The third kappa shape index (κ3) is 3.30. The summed E-state index contributed by atoms with van der Waals surface area (Å²) in [6, 6.07) is 5.49. The van der Waals surface area contributed by atoms with Crippen molar-refractivity contribution in [1.82, 2.24) is 5.32 Å². The predicted octanol–water partition coefficient (Wildman–Crippen LogP) is 2.82. The van der Waals surface area contributed by atoms with Gasteiger partial charge in [0.05, 0.1) is 0 Å². The van der Waals surface area contributed by atoms with Crippen molar-refractivity contribution in [2.75, 3.05) is 6.54 Å². The number of benzene rings is 1. The van der Waals surface area contributed by atoms with Gasteiger partial charge in [0.25, 0.3) is 5.91 Å². The highest BCUT2D eigenvalue weighted by molar-refractivity contribution is 9.11. The number of hydrogen-bond donors (Lipinski definition) is 2. The Hall–Kier alpha value is -0.390. The molecule has 17 heavy (non-hydrogen) atoms. The van der Waals surface area contributed by atoms with Crippen LogP contribution in [0.5, 0.6) is 0 Å². The molecule has 0 saturated heterocycles. The van der Waals surface area contributed by atoms with Crippen molar-refractivity contribution >= 4 is 37.8 Å². The molecule has 0 aliphatic heterocycles. The fourth-order valence-electron chi connectivity index (χ4n) is 1.85. The Morgan fingerprint density at radius 3 is 2.35 bits per heavy atom. The van der Waals surface area contributed by atoms with Gasteiger partial charge < -0.3 is 11.1 Å². The lowest BCUT2D eigenvalue weighted by atomic mass is 9.78. The van der Waals surface area contributed by atoms with Crippen molar-refractivity contribution in [2.45, 2.75) is 24.8 Å². The lowest BCUT2D eigenvalue weighted by Gasteiger charge is -2.38. The summed E-state index contributed by atoms with van der Waals surface area (Å²) in [5.41, 5.74) is 6.51. The van der Waals surface area contributed by atoms with Gasteiger partial charge in [0, 0.05) is 26.6 Å². The molecule has 1 aliphatic rings. The van der Waals surface area contributed by atoms with Gasteiger partial charge in [0.1, 0.15) is 0 Å². The molecular formula is C12H14Br2N2O. The first-order valence-corrected chi connectivity index (χ1v) is 7.10. The molecule has 1 amide bonds. The molecule has 2 rings (SSSR count). The quantitative estimate of drug-likeness (QED) is 0.869. The average Bonchev–Trinajstić information content (AvgIpc) is 2.22. The zero-order valence-electron chi connectivity index (χ0n) is 9.30. The molecule has 1 aliphatic carbocycles. The molecule has 3 N–H and O–H groups in total. The molecule has 1 aromatic carbocycles. The van der Waals surface area contributed by atoms with E-state index in [2.05, 4.69) is 37.2 Å². The van der Waals surface area contributed by atoms with E-state index in [1.54, 1.807) is 12.1 Å². The Bertz CT molecular complexity index is 424. The molecule has 0 bridgehead atoms. The van der Waals surface area contributed by atoms with Crippen LogP contribution in [0.4, 0.5) is 0 Å². The molecule has 0 aromatic heterocycles. The zero-order valence-corrected chi connectivity index (χ0v) is 12.5. The maximum absolute atomic E-state index is 11.9. The number of hydrogen-bond acceptors (Lipinski definition) is 2. The molecule has 1 fully saturated rings. The minimum Gasteiger partial charge on any atom is -0.350 e. The summed E-state index contributed by atoms with van der Waals surface area (Å²) in [5.74, 6) is -0.0799. The monoisotopic (exact) mass is 360 g/mol. The second kappa shape index (κ2) is 5.08. The first-order valence-electron chi connectivity index (χ1n) is 5.52. The molecule has 0 spiro atoms. The maximum Gasteiger partial charge on any atom is 0.251 e. The van der Waals surface area contributed by atoms with Crippen LogP contribution in [-0.2, 0) is 0 Å². The van der Waals surface area contributed by atoms with Crippen LogP contribution in [0.25, 0.3) is 0 Å². The molecule has 3 nitrogen and oxygen atoms in total. The first kappa shape index (κ1) is 13.1. The smallest absolute Gasteiger partial charge is 0.251 e. The second-order valence-electron chi connectivity index (χ2n) is 4.56. The fourth-order valence-corrected chi connectivity index (χ4v) is 3.14. The lowest BCUT2D eigenvalue weighted by Crippen LogP contribution is -2.54. The molecule has 0 heterocycles. The van der Waals surface area contributed by atoms with E-state index in [0.29, 0.717) is 12.1 Å². The van der Waals surface area contributed by atoms with Crippen LogP contribution in [0.15, 0.2) is 27.1 Å². The maximum atomic E-state index is 11.9. The van der Waals surface area contributed by atoms with E-state index in [1.165, 1.54) is 0 Å². The zero-order chi connectivity index (χ0) is 12.5. The van der Waals surface area contributed by atoms with Crippen molar-refractivity contribution in [3.8, 4) is 0 Å². The van der Waals surface area contributed by atoms with E-state index in [1.807, 2.05) is 6.07 Å².